The monoisotopic (exact) mass is 446 g/mol. The Labute approximate surface area is 179 Å². The molecule has 4 rings (SSSR count). The number of aromatic nitrogens is 5. The van der Waals surface area contributed by atoms with E-state index in [2.05, 4.69) is 20.6 Å². The molecule has 0 aliphatic heterocycles. The molecule has 0 saturated heterocycles. The summed E-state index contributed by atoms with van der Waals surface area (Å²) in [5, 5.41) is 9.31. The van der Waals surface area contributed by atoms with Gasteiger partial charge in [-0.2, -0.15) is 13.2 Å². The van der Waals surface area contributed by atoms with Gasteiger partial charge in [0.05, 0.1) is 16.7 Å². The number of carbonyl (C=O) groups is 1. The lowest BCUT2D eigenvalue weighted by atomic mass is 10.2. The third kappa shape index (κ3) is 4.18. The molecule has 2 heterocycles. The molecule has 1 N–H and O–H groups in total. The van der Waals surface area contributed by atoms with Crippen molar-refractivity contribution in [3.05, 3.63) is 71.6 Å². The Morgan fingerprint density at radius 2 is 1.91 bits per heavy atom. The predicted molar refractivity (Wildman–Crippen MR) is 108 cm³/mol. The van der Waals surface area contributed by atoms with E-state index < -0.39 is 29.3 Å². The van der Waals surface area contributed by atoms with E-state index in [1.807, 2.05) is 35.8 Å². The molecule has 7 nitrogen and oxygen atoms in total. The highest BCUT2D eigenvalue weighted by Gasteiger charge is 2.42. The Kier molecular flexibility index (Phi) is 5.64. The maximum absolute atomic E-state index is 13.7. The molecule has 32 heavy (non-hydrogen) atoms. The van der Waals surface area contributed by atoms with Gasteiger partial charge in [-0.15, -0.1) is 5.10 Å². The van der Waals surface area contributed by atoms with Gasteiger partial charge in [0.1, 0.15) is 11.6 Å². The summed E-state index contributed by atoms with van der Waals surface area (Å²) in [5.41, 5.74) is -0.638. The van der Waals surface area contributed by atoms with Crippen LogP contribution in [0.4, 0.5) is 17.6 Å². The Hall–Kier alpha value is -3.76. The minimum atomic E-state index is -4.92. The quantitative estimate of drug-likeness (QED) is 0.360. The lowest BCUT2D eigenvalue weighted by molar-refractivity contribution is -0.143. The zero-order valence-corrected chi connectivity index (χ0v) is 16.9. The van der Waals surface area contributed by atoms with Gasteiger partial charge in [0.25, 0.3) is 5.91 Å². The summed E-state index contributed by atoms with van der Waals surface area (Å²) in [6.45, 7) is 2.50. The van der Waals surface area contributed by atoms with Gasteiger partial charge in [0.2, 0.25) is 0 Å². The summed E-state index contributed by atoms with van der Waals surface area (Å²) < 4.78 is 56.9. The second-order valence-electron chi connectivity index (χ2n) is 7.08. The zero-order valence-electron chi connectivity index (χ0n) is 16.9. The smallest absolute Gasteiger partial charge is 0.351 e. The van der Waals surface area contributed by atoms with Crippen molar-refractivity contribution in [1.82, 2.24) is 29.9 Å². The van der Waals surface area contributed by atoms with Gasteiger partial charge in [-0.05, 0) is 43.7 Å². The second kappa shape index (κ2) is 8.40. The standard InChI is InChI=1S/C21H18F4N6O/c1-13-27-16-8-2-3-9-17(16)30(13)11-5-10-26-20(32)18-19(21(23,24)25)31(29-28-18)15-7-4-6-14(22)12-15/h2-4,6-9,12H,5,10-11H2,1H3,(H,26,32). The average Bonchev–Trinajstić information content (AvgIpc) is 3.32. The number of imidazole rings is 1. The van der Waals surface area contributed by atoms with Crippen molar-refractivity contribution in [3.63, 3.8) is 0 Å². The molecule has 0 saturated carbocycles. The molecule has 166 valence electrons. The van der Waals surface area contributed by atoms with Gasteiger partial charge in [0, 0.05) is 13.1 Å². The van der Waals surface area contributed by atoms with Gasteiger partial charge in [-0.3, -0.25) is 4.79 Å². The number of rotatable bonds is 6. The third-order valence-corrected chi connectivity index (χ3v) is 4.90. The highest BCUT2D eigenvalue weighted by molar-refractivity contribution is 5.93. The van der Waals surface area contributed by atoms with Gasteiger partial charge in [0.15, 0.2) is 11.4 Å². The first kappa shape index (κ1) is 21.5. The van der Waals surface area contributed by atoms with Crippen molar-refractivity contribution in [2.45, 2.75) is 26.1 Å². The number of nitrogens with zero attached hydrogens (tertiary/aromatic N) is 5. The van der Waals surface area contributed by atoms with Crippen LogP contribution in [0.15, 0.2) is 48.5 Å². The summed E-state index contributed by atoms with van der Waals surface area (Å²) in [4.78, 5) is 16.9. The first-order valence-electron chi connectivity index (χ1n) is 9.74. The minimum absolute atomic E-state index is 0.120. The van der Waals surface area contributed by atoms with Crippen molar-refractivity contribution >= 4 is 16.9 Å². The van der Waals surface area contributed by atoms with E-state index in [0.29, 0.717) is 17.6 Å². The summed E-state index contributed by atoms with van der Waals surface area (Å²) in [6, 6.07) is 12.0. The van der Waals surface area contributed by atoms with E-state index in [-0.39, 0.29) is 12.2 Å². The number of hydrogen-bond acceptors (Lipinski definition) is 4. The molecule has 2 aromatic carbocycles. The van der Waals surface area contributed by atoms with Crippen LogP contribution < -0.4 is 5.32 Å². The molecule has 0 atom stereocenters. The summed E-state index contributed by atoms with van der Waals surface area (Å²) >= 11 is 0. The van der Waals surface area contributed by atoms with E-state index in [1.165, 1.54) is 12.1 Å². The average molecular weight is 446 g/mol. The molecule has 0 radical (unpaired) electrons. The van der Waals surface area contributed by atoms with Crippen LogP contribution in [0.5, 0.6) is 0 Å². The lowest BCUT2D eigenvalue weighted by Gasteiger charge is -2.11. The molecule has 11 heteroatoms. The SMILES string of the molecule is Cc1nc2ccccc2n1CCCNC(=O)c1nnn(-c2cccc(F)c2)c1C(F)(F)F. The van der Waals surface area contributed by atoms with Crippen molar-refractivity contribution in [2.75, 3.05) is 6.54 Å². The number of carbonyl (C=O) groups excluding carboxylic acids is 1. The van der Waals surface area contributed by atoms with Crippen LogP contribution in [0.1, 0.15) is 28.4 Å². The van der Waals surface area contributed by atoms with Gasteiger partial charge in [-0.25, -0.2) is 14.1 Å². The predicted octanol–water partition coefficient (Wildman–Crippen LogP) is 3.90. The number of amides is 1. The van der Waals surface area contributed by atoms with Crippen LogP contribution >= 0.6 is 0 Å². The van der Waals surface area contributed by atoms with Gasteiger partial charge in [-0.1, -0.05) is 23.4 Å². The van der Waals surface area contributed by atoms with Crippen molar-refractivity contribution < 1.29 is 22.4 Å². The molecule has 0 spiro atoms. The number of halogens is 4. The number of fused-ring (bicyclic) bond motifs is 1. The fourth-order valence-corrected chi connectivity index (χ4v) is 3.48. The van der Waals surface area contributed by atoms with Crippen LogP contribution in [0.25, 0.3) is 16.7 Å². The molecule has 1 amide bonds. The Bertz CT molecular complexity index is 1280. The second-order valence-corrected chi connectivity index (χ2v) is 7.08. The highest BCUT2D eigenvalue weighted by atomic mass is 19.4. The summed E-state index contributed by atoms with van der Waals surface area (Å²) in [7, 11) is 0. The Morgan fingerprint density at radius 1 is 1.12 bits per heavy atom. The molecule has 0 aliphatic carbocycles. The number of nitrogens with one attached hydrogen (secondary N) is 1. The first-order chi connectivity index (χ1) is 15.3. The summed E-state index contributed by atoms with van der Waals surface area (Å²) in [6.07, 6.45) is -4.46. The molecule has 4 aromatic rings. The Morgan fingerprint density at radius 3 is 2.66 bits per heavy atom. The normalized spacial score (nSPS) is 11.8. The molecule has 0 fully saturated rings. The first-order valence-corrected chi connectivity index (χ1v) is 9.74. The Balaban J connectivity index is 1.48. The van der Waals surface area contributed by atoms with E-state index in [9.17, 15) is 22.4 Å². The van der Waals surface area contributed by atoms with E-state index in [0.717, 1.165) is 29.0 Å². The fourth-order valence-electron chi connectivity index (χ4n) is 3.48. The molecule has 0 bridgehead atoms. The van der Waals surface area contributed by atoms with Crippen molar-refractivity contribution in [2.24, 2.45) is 0 Å². The van der Waals surface area contributed by atoms with Gasteiger partial charge >= 0.3 is 6.18 Å². The van der Waals surface area contributed by atoms with E-state index in [1.54, 1.807) is 0 Å². The number of benzene rings is 2. The molecule has 0 aliphatic rings. The fraction of sp³-hybridized carbons (Fsp3) is 0.238. The summed E-state index contributed by atoms with van der Waals surface area (Å²) in [5.74, 6) is -0.943. The maximum Gasteiger partial charge on any atom is 0.435 e. The molecular formula is C21H18F4N6O. The molecule has 2 aromatic heterocycles. The third-order valence-electron chi connectivity index (χ3n) is 4.90. The molecular weight excluding hydrogens is 428 g/mol. The van der Waals surface area contributed by atoms with Crippen LogP contribution in [0.2, 0.25) is 0 Å². The number of para-hydroxylation sites is 2. The highest BCUT2D eigenvalue weighted by Crippen LogP contribution is 2.32. The number of alkyl halides is 3. The molecule has 0 unspecified atom stereocenters. The van der Waals surface area contributed by atoms with E-state index in [4.69, 9.17) is 0 Å². The minimum Gasteiger partial charge on any atom is -0.351 e. The maximum atomic E-state index is 13.7. The zero-order chi connectivity index (χ0) is 22.9. The van der Waals surface area contributed by atoms with Crippen LogP contribution in [0.3, 0.4) is 0 Å². The van der Waals surface area contributed by atoms with Crippen LogP contribution in [-0.2, 0) is 12.7 Å². The van der Waals surface area contributed by atoms with Crippen molar-refractivity contribution in [3.8, 4) is 5.69 Å². The number of aryl methyl sites for hydroxylation is 2. The van der Waals surface area contributed by atoms with Gasteiger partial charge < -0.3 is 9.88 Å². The van der Waals surface area contributed by atoms with Crippen LogP contribution in [0, 0.1) is 12.7 Å². The van der Waals surface area contributed by atoms with Crippen LogP contribution in [-0.4, -0.2) is 37.0 Å². The van der Waals surface area contributed by atoms with E-state index >= 15 is 0 Å². The topological polar surface area (TPSA) is 77.6 Å². The number of hydrogen-bond donors (Lipinski definition) is 1. The largest absolute Gasteiger partial charge is 0.435 e. The lowest BCUT2D eigenvalue weighted by Crippen LogP contribution is -2.28. The van der Waals surface area contributed by atoms with Crippen molar-refractivity contribution in [1.29, 1.82) is 0 Å².